The van der Waals surface area contributed by atoms with Crippen LogP contribution in [0.2, 0.25) is 0 Å². The smallest absolute Gasteiger partial charge is 0.269 e. The van der Waals surface area contributed by atoms with Crippen molar-refractivity contribution < 1.29 is 14.4 Å². The topological polar surface area (TPSA) is 131 Å². The Labute approximate surface area is 198 Å². The van der Waals surface area contributed by atoms with Gasteiger partial charge in [-0.3, -0.25) is 25.2 Å². The zero-order valence-corrected chi connectivity index (χ0v) is 19.9. The zero-order chi connectivity index (χ0) is 24.9. The summed E-state index contributed by atoms with van der Waals surface area (Å²) in [4.78, 5) is 37.9. The quantitative estimate of drug-likeness (QED) is 0.480. The van der Waals surface area contributed by atoms with E-state index in [1.807, 2.05) is 26.0 Å². The predicted molar refractivity (Wildman–Crippen MR) is 126 cm³/mol. The molecule has 0 spiro atoms. The fraction of sp³-hybridized carbons (Fsp3) is 0.333. The highest BCUT2D eigenvalue weighted by Crippen LogP contribution is 2.22. The molecule has 3 rings (SSSR count). The lowest BCUT2D eigenvalue weighted by molar-refractivity contribution is -0.124. The summed E-state index contributed by atoms with van der Waals surface area (Å²) in [5.41, 5.74) is 7.34. The summed E-state index contributed by atoms with van der Waals surface area (Å²) in [7, 11) is 0. The molecule has 3 amide bonds. The molecular weight excluding hydrogens is 434 g/mol. The fourth-order valence-electron chi connectivity index (χ4n) is 3.19. The summed E-state index contributed by atoms with van der Waals surface area (Å²) in [5.74, 6) is -1.58. The van der Waals surface area contributed by atoms with Gasteiger partial charge in [0.1, 0.15) is 12.4 Å². The number of tetrazole rings is 1. The fourth-order valence-corrected chi connectivity index (χ4v) is 3.19. The number of rotatable bonds is 6. The molecule has 1 aromatic heterocycles. The third-order valence-corrected chi connectivity index (χ3v) is 5.29. The number of nitrogens with zero attached hydrogens (tertiary/aromatic N) is 4. The van der Waals surface area contributed by atoms with Crippen LogP contribution in [0, 0.1) is 5.92 Å². The van der Waals surface area contributed by atoms with Crippen LogP contribution in [0.1, 0.15) is 60.9 Å². The maximum Gasteiger partial charge on any atom is 0.269 e. The molecule has 0 saturated heterocycles. The van der Waals surface area contributed by atoms with E-state index < -0.39 is 17.9 Å². The van der Waals surface area contributed by atoms with Crippen LogP contribution in [0.15, 0.2) is 54.9 Å². The standard InChI is InChI=1S/C24H29N7O3/c1-15(2)20(26-21(32)16-6-10-18(11-7-16)24(3,4)5)23(34)28-27-22(33)17-8-12-19(13-9-17)31-14-25-29-30-31/h6-15,20H,1-5H3,(H,26,32)(H,27,33)(H,28,34). The van der Waals surface area contributed by atoms with Crippen molar-refractivity contribution in [2.45, 2.75) is 46.1 Å². The third kappa shape index (κ3) is 6.03. The highest BCUT2D eigenvalue weighted by atomic mass is 16.2. The van der Waals surface area contributed by atoms with Gasteiger partial charge in [0, 0.05) is 11.1 Å². The molecule has 0 radical (unpaired) electrons. The van der Waals surface area contributed by atoms with Gasteiger partial charge in [0.05, 0.1) is 5.69 Å². The van der Waals surface area contributed by atoms with Crippen molar-refractivity contribution in [1.29, 1.82) is 0 Å². The Morgan fingerprint density at radius 2 is 1.44 bits per heavy atom. The largest absolute Gasteiger partial charge is 0.340 e. The van der Waals surface area contributed by atoms with Crippen LogP contribution >= 0.6 is 0 Å². The molecule has 0 aliphatic carbocycles. The molecule has 1 atom stereocenters. The molecule has 10 nitrogen and oxygen atoms in total. The number of carbonyl (C=O) groups excluding carboxylic acids is 3. The minimum Gasteiger partial charge on any atom is -0.340 e. The Hall–Kier alpha value is -4.08. The van der Waals surface area contributed by atoms with E-state index in [-0.39, 0.29) is 17.2 Å². The van der Waals surface area contributed by atoms with Crippen LogP contribution < -0.4 is 16.2 Å². The molecule has 0 bridgehead atoms. The lowest BCUT2D eigenvalue weighted by Gasteiger charge is -2.22. The lowest BCUT2D eigenvalue weighted by Crippen LogP contribution is -2.54. The van der Waals surface area contributed by atoms with E-state index in [1.165, 1.54) is 11.0 Å². The normalized spacial score (nSPS) is 12.2. The average Bonchev–Trinajstić information content (AvgIpc) is 3.35. The van der Waals surface area contributed by atoms with Crippen LogP contribution in [0.3, 0.4) is 0 Å². The van der Waals surface area contributed by atoms with E-state index >= 15 is 0 Å². The average molecular weight is 464 g/mol. The Balaban J connectivity index is 1.59. The van der Waals surface area contributed by atoms with Crippen molar-refractivity contribution in [1.82, 2.24) is 36.4 Å². The van der Waals surface area contributed by atoms with Gasteiger partial charge in [0.25, 0.3) is 17.7 Å². The summed E-state index contributed by atoms with van der Waals surface area (Å²) in [6.07, 6.45) is 1.44. The Kier molecular flexibility index (Phi) is 7.40. The second-order valence-corrected chi connectivity index (χ2v) is 9.27. The zero-order valence-electron chi connectivity index (χ0n) is 19.9. The van der Waals surface area contributed by atoms with Crippen LogP contribution in [-0.4, -0.2) is 44.0 Å². The van der Waals surface area contributed by atoms with Gasteiger partial charge in [0.2, 0.25) is 0 Å². The molecule has 10 heteroatoms. The Bertz CT molecular complexity index is 1130. The van der Waals surface area contributed by atoms with E-state index in [9.17, 15) is 14.4 Å². The SMILES string of the molecule is CC(C)C(NC(=O)c1ccc(C(C)(C)C)cc1)C(=O)NNC(=O)c1ccc(-n2cnnn2)cc1. The number of carbonyl (C=O) groups is 3. The van der Waals surface area contributed by atoms with Gasteiger partial charge in [-0.2, -0.15) is 0 Å². The van der Waals surface area contributed by atoms with Crippen molar-refractivity contribution in [3.05, 3.63) is 71.5 Å². The number of amides is 3. The molecule has 34 heavy (non-hydrogen) atoms. The highest BCUT2D eigenvalue weighted by molar-refractivity contribution is 5.99. The van der Waals surface area contributed by atoms with E-state index in [0.717, 1.165) is 5.56 Å². The number of aromatic nitrogens is 4. The first-order valence-corrected chi connectivity index (χ1v) is 10.9. The maximum atomic E-state index is 12.7. The van der Waals surface area contributed by atoms with Crippen molar-refractivity contribution in [2.75, 3.05) is 0 Å². The Morgan fingerprint density at radius 3 is 1.97 bits per heavy atom. The Morgan fingerprint density at radius 1 is 0.853 bits per heavy atom. The van der Waals surface area contributed by atoms with E-state index in [4.69, 9.17) is 0 Å². The summed E-state index contributed by atoms with van der Waals surface area (Å²) in [6.45, 7) is 9.91. The molecule has 178 valence electrons. The molecule has 0 saturated carbocycles. The predicted octanol–water partition coefficient (Wildman–Crippen LogP) is 2.18. The van der Waals surface area contributed by atoms with Crippen LogP contribution in [0.4, 0.5) is 0 Å². The van der Waals surface area contributed by atoms with Gasteiger partial charge in [-0.05, 0) is 63.7 Å². The molecule has 1 unspecified atom stereocenters. The van der Waals surface area contributed by atoms with Crippen LogP contribution in [0.5, 0.6) is 0 Å². The van der Waals surface area contributed by atoms with Gasteiger partial charge in [-0.25, -0.2) is 4.68 Å². The summed E-state index contributed by atoms with van der Waals surface area (Å²) in [5, 5.41) is 13.7. The van der Waals surface area contributed by atoms with Gasteiger partial charge in [-0.15, -0.1) is 5.10 Å². The van der Waals surface area contributed by atoms with Crippen molar-refractivity contribution >= 4 is 17.7 Å². The number of hydrogen-bond donors (Lipinski definition) is 3. The minimum atomic E-state index is -0.836. The van der Waals surface area contributed by atoms with E-state index in [1.54, 1.807) is 36.4 Å². The second-order valence-electron chi connectivity index (χ2n) is 9.27. The van der Waals surface area contributed by atoms with Gasteiger partial charge in [-0.1, -0.05) is 46.8 Å². The van der Waals surface area contributed by atoms with E-state index in [2.05, 4.69) is 52.5 Å². The number of hydrazine groups is 1. The first-order valence-electron chi connectivity index (χ1n) is 10.9. The van der Waals surface area contributed by atoms with Crippen molar-refractivity contribution in [3.63, 3.8) is 0 Å². The molecule has 0 fully saturated rings. The number of benzene rings is 2. The number of nitrogens with one attached hydrogen (secondary N) is 3. The molecule has 3 N–H and O–H groups in total. The number of hydrogen-bond acceptors (Lipinski definition) is 6. The first-order chi connectivity index (χ1) is 16.1. The third-order valence-electron chi connectivity index (χ3n) is 5.29. The minimum absolute atomic E-state index is 0.0263. The van der Waals surface area contributed by atoms with Gasteiger partial charge in [0.15, 0.2) is 0 Å². The van der Waals surface area contributed by atoms with Gasteiger partial charge < -0.3 is 5.32 Å². The van der Waals surface area contributed by atoms with E-state index in [0.29, 0.717) is 16.8 Å². The van der Waals surface area contributed by atoms with Gasteiger partial charge >= 0.3 is 0 Å². The molecule has 0 aliphatic heterocycles. The lowest BCUT2D eigenvalue weighted by atomic mass is 9.86. The highest BCUT2D eigenvalue weighted by Gasteiger charge is 2.25. The molecule has 1 heterocycles. The molecule has 3 aromatic rings. The summed E-state index contributed by atoms with van der Waals surface area (Å²) >= 11 is 0. The monoisotopic (exact) mass is 463 g/mol. The maximum absolute atomic E-state index is 12.7. The van der Waals surface area contributed by atoms with Crippen LogP contribution in [-0.2, 0) is 10.2 Å². The first kappa shape index (κ1) is 24.6. The summed E-state index contributed by atoms with van der Waals surface area (Å²) in [6, 6.07) is 13.0. The molecule has 0 aliphatic rings. The summed E-state index contributed by atoms with van der Waals surface area (Å²) < 4.78 is 1.45. The second kappa shape index (κ2) is 10.2. The molecular formula is C24H29N7O3. The van der Waals surface area contributed by atoms with Crippen LogP contribution in [0.25, 0.3) is 5.69 Å². The molecule has 2 aromatic carbocycles. The van der Waals surface area contributed by atoms with Crippen molar-refractivity contribution in [2.24, 2.45) is 5.92 Å². The van der Waals surface area contributed by atoms with Crippen molar-refractivity contribution in [3.8, 4) is 5.69 Å².